The molecule has 2 aromatic rings. The van der Waals surface area contributed by atoms with Crippen molar-refractivity contribution in [2.75, 3.05) is 26.5 Å². The summed E-state index contributed by atoms with van der Waals surface area (Å²) in [6.07, 6.45) is 3.79. The number of benzene rings is 1. The Kier molecular flexibility index (Phi) is 5.78. The molecule has 2 N–H and O–H groups in total. The van der Waals surface area contributed by atoms with Crippen LogP contribution >= 0.6 is 0 Å². The van der Waals surface area contributed by atoms with Crippen molar-refractivity contribution in [3.8, 4) is 5.75 Å². The Balaban J connectivity index is 1.65. The van der Waals surface area contributed by atoms with Gasteiger partial charge < -0.3 is 20.1 Å². The highest BCUT2D eigenvalue weighted by atomic mass is 16.5. The molecule has 0 radical (unpaired) electrons. The first-order chi connectivity index (χ1) is 12.6. The molecule has 3 rings (SSSR count). The van der Waals surface area contributed by atoms with Crippen molar-refractivity contribution in [2.45, 2.75) is 38.0 Å². The Morgan fingerprint density at radius 2 is 2.12 bits per heavy atom. The Labute approximate surface area is 153 Å². The molecule has 2 heterocycles. The van der Waals surface area contributed by atoms with Gasteiger partial charge in [-0.1, -0.05) is 18.2 Å². The highest BCUT2D eigenvalue weighted by molar-refractivity contribution is 5.77. The summed E-state index contributed by atoms with van der Waals surface area (Å²) in [6.45, 7) is 1.24. The van der Waals surface area contributed by atoms with Crippen LogP contribution < -0.4 is 10.5 Å². The smallest absolute Gasteiger partial charge is 0.223 e. The Bertz CT molecular complexity index is 746. The lowest BCUT2D eigenvalue weighted by Crippen LogP contribution is -2.38. The number of nitrogens with zero attached hydrogens (tertiary/aromatic N) is 3. The van der Waals surface area contributed by atoms with Crippen LogP contribution in [0.25, 0.3) is 0 Å². The van der Waals surface area contributed by atoms with E-state index in [-0.39, 0.29) is 18.1 Å². The minimum atomic E-state index is 0.0584. The number of aromatic nitrogens is 2. The van der Waals surface area contributed by atoms with Gasteiger partial charge in [-0.05, 0) is 30.5 Å². The van der Waals surface area contributed by atoms with Crippen LogP contribution in [-0.4, -0.2) is 53.5 Å². The van der Waals surface area contributed by atoms with Crippen LogP contribution in [0, 0.1) is 0 Å². The first kappa shape index (κ1) is 18.3. The van der Waals surface area contributed by atoms with Crippen LogP contribution in [0.15, 0.2) is 36.5 Å². The normalized spacial score (nSPS) is 19.7. The molecule has 26 heavy (non-hydrogen) atoms. The van der Waals surface area contributed by atoms with Crippen molar-refractivity contribution in [1.29, 1.82) is 0 Å². The maximum Gasteiger partial charge on any atom is 0.223 e. The Hall–Kier alpha value is -2.54. The molecule has 1 aliphatic rings. The number of carbonyl (C=O) groups excluding carboxylic acids is 1. The van der Waals surface area contributed by atoms with Gasteiger partial charge in [0.15, 0.2) is 0 Å². The number of hydrogen-bond donors (Lipinski definition) is 1. The van der Waals surface area contributed by atoms with Crippen LogP contribution in [0.3, 0.4) is 0 Å². The predicted molar refractivity (Wildman–Crippen MR) is 98.9 cm³/mol. The van der Waals surface area contributed by atoms with Crippen molar-refractivity contribution >= 4 is 11.7 Å². The second-order valence-corrected chi connectivity index (χ2v) is 6.57. The maximum atomic E-state index is 12.9. The average Bonchev–Trinajstić information content (AvgIpc) is 3.26. The molecule has 0 spiro atoms. The summed E-state index contributed by atoms with van der Waals surface area (Å²) < 4.78 is 12.7. The molecule has 0 bridgehead atoms. The molecular weight excluding hydrogens is 332 g/mol. The van der Waals surface area contributed by atoms with Crippen molar-refractivity contribution in [3.05, 3.63) is 42.1 Å². The molecule has 1 saturated heterocycles. The van der Waals surface area contributed by atoms with Gasteiger partial charge in [-0.15, -0.1) is 0 Å². The monoisotopic (exact) mass is 358 g/mol. The van der Waals surface area contributed by atoms with Crippen molar-refractivity contribution < 1.29 is 14.3 Å². The number of aryl methyl sites for hydroxylation is 1. The van der Waals surface area contributed by atoms with E-state index < -0.39 is 0 Å². The van der Waals surface area contributed by atoms with E-state index in [1.165, 1.54) is 0 Å². The number of ether oxygens (including phenoxy) is 2. The van der Waals surface area contributed by atoms with Crippen LogP contribution in [0.5, 0.6) is 5.75 Å². The van der Waals surface area contributed by atoms with Crippen molar-refractivity contribution in [2.24, 2.45) is 0 Å². The average molecular weight is 358 g/mol. The number of hydrogen-bond acceptors (Lipinski definition) is 5. The summed E-state index contributed by atoms with van der Waals surface area (Å²) in [6, 6.07) is 9.63. The molecule has 0 unspecified atom stereocenters. The minimum absolute atomic E-state index is 0.0584. The number of carbonyl (C=O) groups is 1. The van der Waals surface area contributed by atoms with Crippen LogP contribution in [0.2, 0.25) is 0 Å². The fourth-order valence-electron chi connectivity index (χ4n) is 3.51. The van der Waals surface area contributed by atoms with E-state index in [4.69, 9.17) is 15.2 Å². The van der Waals surface area contributed by atoms with Gasteiger partial charge in [-0.3, -0.25) is 9.48 Å². The molecule has 0 aliphatic carbocycles. The quantitative estimate of drug-likeness (QED) is 0.815. The molecule has 1 aliphatic heterocycles. The van der Waals surface area contributed by atoms with E-state index >= 15 is 0 Å². The molecule has 0 saturated carbocycles. The zero-order valence-electron chi connectivity index (χ0n) is 15.3. The van der Waals surface area contributed by atoms with Crippen molar-refractivity contribution in [3.63, 3.8) is 0 Å². The number of nitrogen functional groups attached to an aromatic ring is 1. The predicted octanol–water partition coefficient (Wildman–Crippen LogP) is 1.72. The zero-order valence-corrected chi connectivity index (χ0v) is 15.3. The molecular formula is C19H26N4O3. The van der Waals surface area contributed by atoms with Gasteiger partial charge >= 0.3 is 0 Å². The lowest BCUT2D eigenvalue weighted by molar-refractivity contribution is -0.132. The highest BCUT2D eigenvalue weighted by Gasteiger charge is 2.35. The van der Waals surface area contributed by atoms with E-state index in [0.717, 1.165) is 17.7 Å². The third-order valence-electron chi connectivity index (χ3n) is 4.89. The van der Waals surface area contributed by atoms with Crippen LogP contribution in [0.1, 0.15) is 18.4 Å². The van der Waals surface area contributed by atoms with E-state index in [1.54, 1.807) is 25.0 Å². The number of anilines is 1. The molecule has 1 amide bonds. The zero-order chi connectivity index (χ0) is 18.5. The van der Waals surface area contributed by atoms with Gasteiger partial charge in [0.25, 0.3) is 0 Å². The first-order valence-electron chi connectivity index (χ1n) is 8.83. The summed E-state index contributed by atoms with van der Waals surface area (Å²) in [5, 5.41) is 4.23. The topological polar surface area (TPSA) is 82.6 Å². The molecule has 1 fully saturated rings. The van der Waals surface area contributed by atoms with Gasteiger partial charge in [0.1, 0.15) is 11.6 Å². The number of rotatable bonds is 7. The standard InChI is InChI=1S/C19H26N4O3/c1-25-16-11-15(12-22-10-9-18(20)21-22)23(13-16)19(24)8-7-14-5-3-4-6-17(14)26-2/h3-6,9-10,15-16H,7-8,11-13H2,1-2H3,(H2,20,21)/t15-,16+/m0/s1. The number of likely N-dealkylation sites (tertiary alicyclic amines) is 1. The molecule has 2 atom stereocenters. The third-order valence-corrected chi connectivity index (χ3v) is 4.89. The van der Waals surface area contributed by atoms with E-state index in [1.807, 2.05) is 35.4 Å². The SMILES string of the molecule is COc1ccccc1CCC(=O)N1C[C@H](OC)C[C@H]1Cn1ccc(N)n1. The van der Waals surface area contributed by atoms with Gasteiger partial charge in [-0.25, -0.2) is 0 Å². The minimum Gasteiger partial charge on any atom is -0.496 e. The van der Waals surface area contributed by atoms with Crippen molar-refractivity contribution in [1.82, 2.24) is 14.7 Å². The van der Waals surface area contributed by atoms with E-state index in [2.05, 4.69) is 5.10 Å². The van der Waals surface area contributed by atoms with E-state index in [0.29, 0.717) is 31.7 Å². The summed E-state index contributed by atoms with van der Waals surface area (Å²) in [5.74, 6) is 1.43. The Morgan fingerprint density at radius 1 is 1.31 bits per heavy atom. The number of para-hydroxylation sites is 1. The lowest BCUT2D eigenvalue weighted by atomic mass is 10.1. The highest BCUT2D eigenvalue weighted by Crippen LogP contribution is 2.24. The number of amides is 1. The summed E-state index contributed by atoms with van der Waals surface area (Å²) in [5.41, 5.74) is 6.73. The maximum absolute atomic E-state index is 12.9. The summed E-state index contributed by atoms with van der Waals surface area (Å²) in [7, 11) is 3.34. The summed E-state index contributed by atoms with van der Waals surface area (Å²) in [4.78, 5) is 14.8. The van der Waals surface area contributed by atoms with Gasteiger partial charge in [0, 0.05) is 26.3 Å². The lowest BCUT2D eigenvalue weighted by Gasteiger charge is -2.24. The molecule has 7 heteroatoms. The second-order valence-electron chi connectivity index (χ2n) is 6.57. The Morgan fingerprint density at radius 3 is 2.81 bits per heavy atom. The fourth-order valence-corrected chi connectivity index (χ4v) is 3.51. The fraction of sp³-hybridized carbons (Fsp3) is 0.474. The third kappa shape index (κ3) is 4.16. The molecule has 1 aromatic carbocycles. The van der Waals surface area contributed by atoms with Gasteiger partial charge in [0.2, 0.25) is 5.91 Å². The second kappa shape index (κ2) is 8.23. The molecule has 7 nitrogen and oxygen atoms in total. The van der Waals surface area contributed by atoms with Crippen LogP contribution in [-0.2, 0) is 22.5 Å². The largest absolute Gasteiger partial charge is 0.496 e. The number of methoxy groups -OCH3 is 2. The molecule has 1 aromatic heterocycles. The first-order valence-corrected chi connectivity index (χ1v) is 8.83. The summed E-state index contributed by atoms with van der Waals surface area (Å²) >= 11 is 0. The van der Waals surface area contributed by atoms with Gasteiger partial charge in [-0.2, -0.15) is 5.10 Å². The molecule has 140 valence electrons. The van der Waals surface area contributed by atoms with Gasteiger partial charge in [0.05, 0.1) is 25.8 Å². The number of nitrogens with two attached hydrogens (primary N) is 1. The van der Waals surface area contributed by atoms with Crippen LogP contribution in [0.4, 0.5) is 5.82 Å². The van der Waals surface area contributed by atoms with E-state index in [9.17, 15) is 4.79 Å².